The number of rotatable bonds is 2. The van der Waals surface area contributed by atoms with Crippen molar-refractivity contribution >= 4 is 5.95 Å². The van der Waals surface area contributed by atoms with Crippen LogP contribution in [0.4, 0.5) is 5.95 Å². The smallest absolute Gasteiger partial charge is 0.225 e. The molecule has 0 atom stereocenters. The van der Waals surface area contributed by atoms with Crippen molar-refractivity contribution in [3.8, 4) is 11.1 Å². The molecule has 1 aromatic carbocycles. The molecule has 0 bridgehead atoms. The van der Waals surface area contributed by atoms with Crippen molar-refractivity contribution in [3.05, 3.63) is 42.2 Å². The average Bonchev–Trinajstić information content (AvgIpc) is 2.49. The Kier molecular flexibility index (Phi) is 3.42. The van der Waals surface area contributed by atoms with E-state index in [1.54, 1.807) is 0 Å². The fourth-order valence-electron chi connectivity index (χ4n) is 2.24. The first-order chi connectivity index (χ1) is 9.33. The number of aromatic nitrogens is 2. The number of hydrogen-bond acceptors (Lipinski definition) is 4. The van der Waals surface area contributed by atoms with Gasteiger partial charge in [-0.3, -0.25) is 0 Å². The Bertz CT molecular complexity index is 527. The van der Waals surface area contributed by atoms with E-state index in [1.807, 2.05) is 12.4 Å². The van der Waals surface area contributed by atoms with E-state index in [0.29, 0.717) is 0 Å². The minimum Gasteiger partial charge on any atom is -0.338 e. The van der Waals surface area contributed by atoms with Gasteiger partial charge in [0.05, 0.1) is 0 Å². The zero-order valence-electron chi connectivity index (χ0n) is 11.1. The second kappa shape index (κ2) is 5.36. The molecule has 0 unspecified atom stereocenters. The molecule has 1 aliphatic heterocycles. The molecule has 2 aromatic rings. The highest BCUT2D eigenvalue weighted by Crippen LogP contribution is 2.19. The zero-order valence-corrected chi connectivity index (χ0v) is 11.1. The molecule has 1 saturated heterocycles. The van der Waals surface area contributed by atoms with Crippen LogP contribution in [0.15, 0.2) is 36.7 Å². The van der Waals surface area contributed by atoms with E-state index in [0.717, 1.165) is 43.3 Å². The molecule has 0 saturated carbocycles. The molecule has 0 amide bonds. The summed E-state index contributed by atoms with van der Waals surface area (Å²) in [5.74, 6) is 0.831. The number of nitrogens with one attached hydrogen (secondary N) is 1. The lowest BCUT2D eigenvalue weighted by atomic mass is 10.1. The van der Waals surface area contributed by atoms with Crippen LogP contribution in [0.25, 0.3) is 11.1 Å². The molecule has 4 nitrogen and oxygen atoms in total. The molecule has 1 fully saturated rings. The second-order valence-corrected chi connectivity index (χ2v) is 4.87. The van der Waals surface area contributed by atoms with Gasteiger partial charge in [-0.05, 0) is 12.5 Å². The average molecular weight is 254 g/mol. The minimum atomic E-state index is 0.831. The van der Waals surface area contributed by atoms with Gasteiger partial charge < -0.3 is 10.2 Å². The van der Waals surface area contributed by atoms with Crippen molar-refractivity contribution in [3.63, 3.8) is 0 Å². The van der Waals surface area contributed by atoms with Gasteiger partial charge >= 0.3 is 0 Å². The standard InChI is InChI=1S/C15H18N4/c1-12-2-4-13(5-3-12)14-10-17-15(18-11-14)19-8-6-16-7-9-19/h2-5,10-11,16H,6-9H2,1H3. The summed E-state index contributed by atoms with van der Waals surface area (Å²) in [5.41, 5.74) is 3.50. The molecule has 2 heterocycles. The van der Waals surface area contributed by atoms with Crippen LogP contribution >= 0.6 is 0 Å². The number of piperazine rings is 1. The Morgan fingerprint density at radius 1 is 0.947 bits per heavy atom. The van der Waals surface area contributed by atoms with E-state index in [2.05, 4.69) is 51.4 Å². The van der Waals surface area contributed by atoms with Gasteiger partial charge in [0.1, 0.15) is 0 Å². The van der Waals surface area contributed by atoms with Crippen LogP contribution in [-0.2, 0) is 0 Å². The Balaban J connectivity index is 1.80. The maximum Gasteiger partial charge on any atom is 0.225 e. The van der Waals surface area contributed by atoms with Crippen molar-refractivity contribution in [2.75, 3.05) is 31.1 Å². The van der Waals surface area contributed by atoms with Gasteiger partial charge in [0.15, 0.2) is 0 Å². The van der Waals surface area contributed by atoms with Crippen molar-refractivity contribution in [2.24, 2.45) is 0 Å². The second-order valence-electron chi connectivity index (χ2n) is 4.87. The first-order valence-corrected chi connectivity index (χ1v) is 6.68. The summed E-state index contributed by atoms with van der Waals surface area (Å²) in [4.78, 5) is 11.2. The first-order valence-electron chi connectivity index (χ1n) is 6.68. The predicted octanol–water partition coefficient (Wildman–Crippen LogP) is 1.86. The fourth-order valence-corrected chi connectivity index (χ4v) is 2.24. The highest BCUT2D eigenvalue weighted by molar-refractivity contribution is 5.62. The minimum absolute atomic E-state index is 0.831. The topological polar surface area (TPSA) is 41.1 Å². The van der Waals surface area contributed by atoms with Gasteiger partial charge in [-0.1, -0.05) is 29.8 Å². The molecule has 1 aromatic heterocycles. The van der Waals surface area contributed by atoms with E-state index < -0.39 is 0 Å². The molecule has 1 N–H and O–H groups in total. The van der Waals surface area contributed by atoms with Crippen LogP contribution in [0.3, 0.4) is 0 Å². The lowest BCUT2D eigenvalue weighted by Crippen LogP contribution is -2.44. The Hall–Kier alpha value is -1.94. The van der Waals surface area contributed by atoms with Gasteiger partial charge in [-0.15, -0.1) is 0 Å². The normalized spacial score (nSPS) is 15.5. The van der Waals surface area contributed by atoms with Crippen LogP contribution in [0, 0.1) is 6.92 Å². The van der Waals surface area contributed by atoms with E-state index >= 15 is 0 Å². The van der Waals surface area contributed by atoms with Gasteiger partial charge in [0, 0.05) is 44.1 Å². The Morgan fingerprint density at radius 3 is 2.21 bits per heavy atom. The summed E-state index contributed by atoms with van der Waals surface area (Å²) in [5, 5.41) is 3.33. The third-order valence-electron chi connectivity index (χ3n) is 3.42. The molecule has 4 heteroatoms. The molecule has 0 aliphatic carbocycles. The summed E-state index contributed by atoms with van der Waals surface area (Å²) in [6.07, 6.45) is 3.82. The van der Waals surface area contributed by atoms with Crippen LogP contribution in [0.1, 0.15) is 5.56 Å². The Labute approximate surface area is 113 Å². The lowest BCUT2D eigenvalue weighted by molar-refractivity contribution is 0.580. The number of nitrogens with zero attached hydrogens (tertiary/aromatic N) is 3. The van der Waals surface area contributed by atoms with Crippen molar-refractivity contribution in [2.45, 2.75) is 6.92 Å². The van der Waals surface area contributed by atoms with E-state index in [-0.39, 0.29) is 0 Å². The third-order valence-corrected chi connectivity index (χ3v) is 3.42. The van der Waals surface area contributed by atoms with Crippen molar-refractivity contribution in [1.82, 2.24) is 15.3 Å². The molecule has 19 heavy (non-hydrogen) atoms. The maximum atomic E-state index is 4.49. The van der Waals surface area contributed by atoms with Crippen molar-refractivity contribution in [1.29, 1.82) is 0 Å². The SMILES string of the molecule is Cc1ccc(-c2cnc(N3CCNCC3)nc2)cc1. The van der Waals surface area contributed by atoms with Crippen LogP contribution in [0.5, 0.6) is 0 Å². The molecule has 0 radical (unpaired) electrons. The van der Waals surface area contributed by atoms with E-state index in [4.69, 9.17) is 0 Å². The highest BCUT2D eigenvalue weighted by Gasteiger charge is 2.12. The van der Waals surface area contributed by atoms with Gasteiger partial charge in [0.2, 0.25) is 5.95 Å². The predicted molar refractivity (Wildman–Crippen MR) is 77.3 cm³/mol. The third kappa shape index (κ3) is 2.74. The van der Waals surface area contributed by atoms with Gasteiger partial charge in [-0.2, -0.15) is 0 Å². The number of benzene rings is 1. The van der Waals surface area contributed by atoms with Crippen LogP contribution in [-0.4, -0.2) is 36.1 Å². The molecule has 1 aliphatic rings. The number of anilines is 1. The molecule has 98 valence electrons. The largest absolute Gasteiger partial charge is 0.338 e. The maximum absolute atomic E-state index is 4.49. The summed E-state index contributed by atoms with van der Waals surface area (Å²) in [6, 6.07) is 8.44. The highest BCUT2D eigenvalue weighted by atomic mass is 15.3. The summed E-state index contributed by atoms with van der Waals surface area (Å²) >= 11 is 0. The monoisotopic (exact) mass is 254 g/mol. The summed E-state index contributed by atoms with van der Waals surface area (Å²) in [7, 11) is 0. The number of aryl methyl sites for hydroxylation is 1. The van der Waals surface area contributed by atoms with E-state index in [1.165, 1.54) is 5.56 Å². The van der Waals surface area contributed by atoms with Gasteiger partial charge in [0.25, 0.3) is 0 Å². The molecule has 3 rings (SSSR count). The summed E-state index contributed by atoms with van der Waals surface area (Å²) in [6.45, 7) is 6.05. The van der Waals surface area contributed by atoms with Crippen LogP contribution < -0.4 is 10.2 Å². The zero-order chi connectivity index (χ0) is 13.1. The number of hydrogen-bond donors (Lipinski definition) is 1. The quantitative estimate of drug-likeness (QED) is 0.888. The van der Waals surface area contributed by atoms with Gasteiger partial charge in [-0.25, -0.2) is 9.97 Å². The van der Waals surface area contributed by atoms with Crippen LogP contribution in [0.2, 0.25) is 0 Å². The molecular formula is C15H18N4. The molecule has 0 spiro atoms. The summed E-state index contributed by atoms with van der Waals surface area (Å²) < 4.78 is 0. The Morgan fingerprint density at radius 2 is 1.58 bits per heavy atom. The first kappa shape index (κ1) is 12.1. The lowest BCUT2D eigenvalue weighted by Gasteiger charge is -2.27. The fraction of sp³-hybridized carbons (Fsp3) is 0.333. The van der Waals surface area contributed by atoms with E-state index in [9.17, 15) is 0 Å². The van der Waals surface area contributed by atoms with Crippen molar-refractivity contribution < 1.29 is 0 Å². The molecular weight excluding hydrogens is 236 g/mol.